The minimum Gasteiger partial charge on any atom is -0.396 e. The molecule has 1 unspecified atom stereocenters. The maximum Gasteiger partial charge on any atom is 0.181 e. The molecule has 0 aliphatic rings. The van der Waals surface area contributed by atoms with Gasteiger partial charge in [0.25, 0.3) is 0 Å². The number of hydrogen-bond donors (Lipinski definition) is 4. The van der Waals surface area contributed by atoms with Crippen LogP contribution in [-0.4, -0.2) is 81.7 Å². The highest BCUT2D eigenvalue weighted by Crippen LogP contribution is 1.78. The number of nitrogens with one attached hydrogen (secondary N) is 1. The SMILES string of the molecule is OCCCOC[NH+](CCOCCO)CCOCOO. The van der Waals surface area contributed by atoms with Gasteiger partial charge in [0.1, 0.15) is 13.1 Å². The summed E-state index contributed by atoms with van der Waals surface area (Å²) in [6.45, 7) is 3.67. The second kappa shape index (κ2) is 15.7. The van der Waals surface area contributed by atoms with Crippen LogP contribution >= 0.6 is 0 Å². The van der Waals surface area contributed by atoms with Crippen LogP contribution in [-0.2, 0) is 19.1 Å². The van der Waals surface area contributed by atoms with Crippen molar-refractivity contribution in [2.45, 2.75) is 6.42 Å². The van der Waals surface area contributed by atoms with Gasteiger partial charge in [-0.1, -0.05) is 0 Å². The van der Waals surface area contributed by atoms with E-state index < -0.39 is 0 Å². The molecular weight excluding hydrogens is 258 g/mol. The average Bonchev–Trinajstić information content (AvgIpc) is 2.43. The minimum absolute atomic E-state index is 0.0132. The molecule has 0 amide bonds. The molecule has 0 aromatic heterocycles. The van der Waals surface area contributed by atoms with Crippen molar-refractivity contribution in [3.05, 3.63) is 0 Å². The molecule has 8 heteroatoms. The molecule has 8 nitrogen and oxygen atoms in total. The Hall–Kier alpha value is -0.320. The van der Waals surface area contributed by atoms with Gasteiger partial charge >= 0.3 is 0 Å². The number of hydrogen-bond acceptors (Lipinski definition) is 7. The van der Waals surface area contributed by atoms with E-state index in [0.29, 0.717) is 46.1 Å². The van der Waals surface area contributed by atoms with Gasteiger partial charge in [0, 0.05) is 6.61 Å². The van der Waals surface area contributed by atoms with Crippen molar-refractivity contribution >= 4 is 0 Å². The Morgan fingerprint density at radius 3 is 2.16 bits per heavy atom. The highest BCUT2D eigenvalue weighted by molar-refractivity contribution is 4.32. The fourth-order valence-corrected chi connectivity index (χ4v) is 1.35. The van der Waals surface area contributed by atoms with E-state index in [4.69, 9.17) is 29.7 Å². The lowest BCUT2D eigenvalue weighted by atomic mass is 10.5. The maximum absolute atomic E-state index is 8.64. The van der Waals surface area contributed by atoms with Crippen molar-refractivity contribution in [2.75, 3.05) is 66.3 Å². The highest BCUT2D eigenvalue weighted by atomic mass is 17.1. The van der Waals surface area contributed by atoms with E-state index in [2.05, 4.69) is 4.89 Å². The second-order valence-electron chi connectivity index (χ2n) is 3.87. The Kier molecular flexibility index (Phi) is 15.5. The van der Waals surface area contributed by atoms with E-state index in [1.165, 1.54) is 0 Å². The van der Waals surface area contributed by atoms with Crippen LogP contribution in [0.5, 0.6) is 0 Å². The van der Waals surface area contributed by atoms with Crippen LogP contribution in [0.3, 0.4) is 0 Å². The smallest absolute Gasteiger partial charge is 0.181 e. The number of aliphatic hydroxyl groups is 2. The molecule has 4 N–H and O–H groups in total. The Morgan fingerprint density at radius 1 is 0.789 bits per heavy atom. The Bertz CT molecular complexity index is 145. The fraction of sp³-hybridized carbons (Fsp3) is 1.00. The summed E-state index contributed by atoms with van der Waals surface area (Å²) >= 11 is 0. The van der Waals surface area contributed by atoms with Crippen molar-refractivity contribution in [3.63, 3.8) is 0 Å². The molecule has 0 rings (SSSR count). The molecule has 116 valence electrons. The summed E-state index contributed by atoms with van der Waals surface area (Å²) in [6, 6.07) is 0. The summed E-state index contributed by atoms with van der Waals surface area (Å²) in [5.74, 6) is 0. The molecule has 0 aromatic carbocycles. The Balaban J connectivity index is 3.66. The van der Waals surface area contributed by atoms with E-state index >= 15 is 0 Å². The molecule has 0 aromatic rings. The van der Waals surface area contributed by atoms with Gasteiger partial charge in [0.15, 0.2) is 13.5 Å². The van der Waals surface area contributed by atoms with Crippen LogP contribution in [0.25, 0.3) is 0 Å². The van der Waals surface area contributed by atoms with Gasteiger partial charge in [0.05, 0.1) is 33.0 Å². The molecule has 0 aliphatic carbocycles. The maximum atomic E-state index is 8.64. The minimum atomic E-state index is -0.153. The topological polar surface area (TPSA) is 102 Å². The monoisotopic (exact) mass is 284 g/mol. The van der Waals surface area contributed by atoms with Crippen molar-refractivity contribution < 1.29 is 39.5 Å². The first kappa shape index (κ1) is 18.7. The molecule has 0 saturated heterocycles. The third-order valence-electron chi connectivity index (χ3n) is 2.32. The summed E-state index contributed by atoms with van der Waals surface area (Å²) in [6.07, 6.45) is 0.614. The van der Waals surface area contributed by atoms with Crippen LogP contribution < -0.4 is 4.90 Å². The normalized spacial score (nSPS) is 12.8. The lowest BCUT2D eigenvalue weighted by Gasteiger charge is -2.19. The lowest BCUT2D eigenvalue weighted by Crippen LogP contribution is -3.13. The van der Waals surface area contributed by atoms with Gasteiger partial charge in [-0.2, -0.15) is 0 Å². The van der Waals surface area contributed by atoms with E-state index in [1.54, 1.807) is 0 Å². The van der Waals surface area contributed by atoms with E-state index in [-0.39, 0.29) is 20.0 Å². The first-order valence-corrected chi connectivity index (χ1v) is 6.40. The van der Waals surface area contributed by atoms with Gasteiger partial charge in [0.2, 0.25) is 0 Å². The standard InChI is InChI=1S/C11H25NO7/c13-4-1-6-17-10-12(2-7-16-9-5-14)3-8-18-11-19-15/h13-15H,1-11H2/p+1. The quantitative estimate of drug-likeness (QED) is 0.116. The molecule has 0 spiro atoms. The van der Waals surface area contributed by atoms with Gasteiger partial charge < -0.3 is 29.3 Å². The van der Waals surface area contributed by atoms with Crippen molar-refractivity contribution in [1.29, 1.82) is 0 Å². The molecule has 1 atom stereocenters. The molecule has 0 aliphatic heterocycles. The Morgan fingerprint density at radius 2 is 1.53 bits per heavy atom. The van der Waals surface area contributed by atoms with Crippen LogP contribution in [0.15, 0.2) is 0 Å². The van der Waals surface area contributed by atoms with Crippen LogP contribution in [0.1, 0.15) is 6.42 Å². The summed E-state index contributed by atoms with van der Waals surface area (Å²) in [5.41, 5.74) is 0. The van der Waals surface area contributed by atoms with Crippen molar-refractivity contribution in [1.82, 2.24) is 0 Å². The first-order chi connectivity index (χ1) is 9.35. The molecular formula is C11H26NO7+. The zero-order valence-electron chi connectivity index (χ0n) is 11.3. The largest absolute Gasteiger partial charge is 0.396 e. The van der Waals surface area contributed by atoms with E-state index in [1.807, 2.05) is 0 Å². The first-order valence-electron chi connectivity index (χ1n) is 6.40. The molecule has 0 heterocycles. The number of quaternary nitrogens is 1. The molecule has 0 fully saturated rings. The van der Waals surface area contributed by atoms with E-state index in [0.717, 1.165) is 11.4 Å². The fourth-order valence-electron chi connectivity index (χ4n) is 1.35. The summed E-state index contributed by atoms with van der Waals surface area (Å²) < 4.78 is 15.6. The average molecular weight is 284 g/mol. The van der Waals surface area contributed by atoms with Crippen molar-refractivity contribution in [3.8, 4) is 0 Å². The number of ether oxygens (including phenoxy) is 3. The Labute approximate surface area is 113 Å². The number of rotatable bonds is 15. The zero-order chi connectivity index (χ0) is 14.2. The van der Waals surface area contributed by atoms with Gasteiger partial charge in [-0.25, -0.2) is 10.1 Å². The zero-order valence-corrected chi connectivity index (χ0v) is 11.3. The van der Waals surface area contributed by atoms with Crippen LogP contribution in [0.4, 0.5) is 0 Å². The highest BCUT2D eigenvalue weighted by Gasteiger charge is 2.08. The third kappa shape index (κ3) is 13.9. The predicted molar refractivity (Wildman–Crippen MR) is 65.7 cm³/mol. The van der Waals surface area contributed by atoms with E-state index in [9.17, 15) is 0 Å². The lowest BCUT2D eigenvalue weighted by molar-refractivity contribution is -0.920. The second-order valence-corrected chi connectivity index (χ2v) is 3.87. The molecule has 0 saturated carbocycles. The summed E-state index contributed by atoms with van der Waals surface area (Å²) in [7, 11) is 0. The third-order valence-corrected chi connectivity index (χ3v) is 2.32. The predicted octanol–water partition coefficient (Wildman–Crippen LogP) is -2.30. The molecule has 0 bridgehead atoms. The number of aliphatic hydroxyl groups excluding tert-OH is 2. The van der Waals surface area contributed by atoms with Gasteiger partial charge in [-0.05, 0) is 6.42 Å². The van der Waals surface area contributed by atoms with Crippen molar-refractivity contribution in [2.24, 2.45) is 0 Å². The van der Waals surface area contributed by atoms with Crippen LogP contribution in [0.2, 0.25) is 0 Å². The summed E-state index contributed by atoms with van der Waals surface area (Å²) in [5, 5.41) is 25.3. The summed E-state index contributed by atoms with van der Waals surface area (Å²) in [4.78, 5) is 4.93. The van der Waals surface area contributed by atoms with Crippen LogP contribution in [0, 0.1) is 0 Å². The molecule has 0 radical (unpaired) electrons. The van der Waals surface area contributed by atoms with Gasteiger partial charge in [-0.15, -0.1) is 0 Å². The van der Waals surface area contributed by atoms with Gasteiger partial charge in [-0.3, -0.25) is 0 Å². The molecule has 19 heavy (non-hydrogen) atoms.